The highest BCUT2D eigenvalue weighted by atomic mass is 32.2. The van der Waals surface area contributed by atoms with Gasteiger partial charge in [-0.25, -0.2) is 0 Å². The SMILES string of the molecule is N#CSC1=Cc2ccccc2C1=O. The van der Waals surface area contributed by atoms with Crippen molar-refractivity contribution in [2.45, 2.75) is 0 Å². The van der Waals surface area contributed by atoms with E-state index in [1.807, 2.05) is 23.6 Å². The van der Waals surface area contributed by atoms with Gasteiger partial charge in [0.15, 0.2) is 0 Å². The lowest BCUT2D eigenvalue weighted by atomic mass is 10.1. The molecule has 0 saturated carbocycles. The lowest BCUT2D eigenvalue weighted by molar-refractivity contribution is 0.104. The number of allylic oxidation sites excluding steroid dienone is 1. The monoisotopic (exact) mass is 187 g/mol. The summed E-state index contributed by atoms with van der Waals surface area (Å²) in [6.45, 7) is 0. The predicted molar refractivity (Wildman–Crippen MR) is 52.0 cm³/mol. The molecule has 0 aromatic heterocycles. The fourth-order valence-corrected chi connectivity index (χ4v) is 1.78. The normalized spacial score (nSPS) is 13.5. The van der Waals surface area contributed by atoms with E-state index >= 15 is 0 Å². The Kier molecular flexibility index (Phi) is 1.91. The second-order valence-electron chi connectivity index (χ2n) is 2.62. The van der Waals surface area contributed by atoms with Crippen molar-refractivity contribution in [2.75, 3.05) is 0 Å². The number of ketones is 1. The number of hydrogen-bond acceptors (Lipinski definition) is 3. The van der Waals surface area contributed by atoms with Crippen molar-refractivity contribution in [2.24, 2.45) is 0 Å². The minimum Gasteiger partial charge on any atom is -0.288 e. The lowest BCUT2D eigenvalue weighted by Crippen LogP contribution is -1.94. The Hall–Kier alpha value is -1.53. The Morgan fingerprint density at radius 1 is 1.31 bits per heavy atom. The minimum atomic E-state index is -0.0397. The molecule has 1 aliphatic carbocycles. The smallest absolute Gasteiger partial charge is 0.201 e. The molecule has 0 spiro atoms. The Morgan fingerprint density at radius 2 is 2.08 bits per heavy atom. The zero-order valence-corrected chi connectivity index (χ0v) is 7.47. The van der Waals surface area contributed by atoms with Crippen molar-refractivity contribution in [3.63, 3.8) is 0 Å². The van der Waals surface area contributed by atoms with E-state index in [0.29, 0.717) is 10.5 Å². The highest BCUT2D eigenvalue weighted by Gasteiger charge is 2.21. The van der Waals surface area contributed by atoms with Crippen LogP contribution in [-0.4, -0.2) is 5.78 Å². The largest absolute Gasteiger partial charge is 0.288 e. The molecule has 0 unspecified atom stereocenters. The van der Waals surface area contributed by atoms with Crippen molar-refractivity contribution < 1.29 is 4.79 Å². The molecule has 2 nitrogen and oxygen atoms in total. The lowest BCUT2D eigenvalue weighted by Gasteiger charge is -1.93. The molecular weight excluding hydrogens is 182 g/mol. The number of hydrogen-bond donors (Lipinski definition) is 0. The fourth-order valence-electron chi connectivity index (χ4n) is 1.29. The number of Topliss-reactive ketones (excluding diaryl/α,β-unsaturated/α-hetero) is 1. The van der Waals surface area contributed by atoms with Crippen molar-refractivity contribution in [3.8, 4) is 5.40 Å². The molecule has 0 amide bonds. The molecule has 0 aliphatic heterocycles. The molecule has 62 valence electrons. The summed E-state index contributed by atoms with van der Waals surface area (Å²) in [5.74, 6) is -0.0397. The number of benzene rings is 1. The summed E-state index contributed by atoms with van der Waals surface area (Å²) in [6.07, 6.45) is 1.76. The molecule has 1 aromatic carbocycles. The van der Waals surface area contributed by atoms with Gasteiger partial charge in [0.1, 0.15) is 5.40 Å². The average molecular weight is 187 g/mol. The van der Waals surface area contributed by atoms with Gasteiger partial charge in [-0.2, -0.15) is 5.26 Å². The summed E-state index contributed by atoms with van der Waals surface area (Å²) >= 11 is 0.921. The van der Waals surface area contributed by atoms with Gasteiger partial charge >= 0.3 is 0 Å². The molecular formula is C10H5NOS. The van der Waals surface area contributed by atoms with E-state index in [9.17, 15) is 4.79 Å². The van der Waals surface area contributed by atoms with Crippen LogP contribution in [0.1, 0.15) is 15.9 Å². The number of nitriles is 1. The molecule has 0 fully saturated rings. The van der Waals surface area contributed by atoms with Crippen LogP contribution in [0.4, 0.5) is 0 Å². The van der Waals surface area contributed by atoms with Crippen molar-refractivity contribution >= 4 is 23.6 Å². The first-order valence-electron chi connectivity index (χ1n) is 3.74. The molecule has 13 heavy (non-hydrogen) atoms. The summed E-state index contributed by atoms with van der Waals surface area (Å²) in [4.78, 5) is 12.1. The van der Waals surface area contributed by atoms with Gasteiger partial charge in [0.25, 0.3) is 0 Å². The summed E-state index contributed by atoms with van der Waals surface area (Å²) < 4.78 is 0. The van der Waals surface area contributed by atoms with E-state index < -0.39 is 0 Å². The number of carbonyl (C=O) groups excluding carboxylic acids is 1. The topological polar surface area (TPSA) is 40.9 Å². The van der Waals surface area contributed by atoms with Gasteiger partial charge in [0.05, 0.1) is 4.91 Å². The van der Waals surface area contributed by atoms with Crippen LogP contribution in [0, 0.1) is 10.7 Å². The molecule has 0 saturated heterocycles. The summed E-state index contributed by atoms with van der Waals surface area (Å²) in [6, 6.07) is 7.35. The van der Waals surface area contributed by atoms with E-state index in [2.05, 4.69) is 0 Å². The van der Waals surface area contributed by atoms with Crippen LogP contribution in [-0.2, 0) is 0 Å². The molecule has 1 aliphatic rings. The zero-order chi connectivity index (χ0) is 9.26. The number of carbonyl (C=O) groups is 1. The van der Waals surface area contributed by atoms with Gasteiger partial charge in [-0.3, -0.25) is 4.79 Å². The van der Waals surface area contributed by atoms with Crippen LogP contribution in [0.3, 0.4) is 0 Å². The number of fused-ring (bicyclic) bond motifs is 1. The Balaban J connectivity index is 2.46. The van der Waals surface area contributed by atoms with Crippen LogP contribution >= 0.6 is 11.8 Å². The van der Waals surface area contributed by atoms with Gasteiger partial charge in [0, 0.05) is 5.56 Å². The van der Waals surface area contributed by atoms with Crippen molar-refractivity contribution in [3.05, 3.63) is 40.3 Å². The third kappa shape index (κ3) is 1.25. The Bertz CT molecular complexity index is 442. The highest BCUT2D eigenvalue weighted by molar-refractivity contribution is 8.08. The third-order valence-corrected chi connectivity index (χ3v) is 2.49. The second-order valence-corrected chi connectivity index (χ2v) is 3.44. The van der Waals surface area contributed by atoms with Crippen LogP contribution in [0.2, 0.25) is 0 Å². The number of thiocyanates is 1. The summed E-state index contributed by atoms with van der Waals surface area (Å²) in [5.41, 5.74) is 1.60. The minimum absolute atomic E-state index is 0.0397. The molecule has 1 aromatic rings. The molecule has 0 heterocycles. The van der Waals surface area contributed by atoms with E-state index in [0.717, 1.165) is 17.3 Å². The number of thioether (sulfide) groups is 1. The number of nitrogens with zero attached hydrogens (tertiary/aromatic N) is 1. The first kappa shape index (κ1) is 8.09. The van der Waals surface area contributed by atoms with E-state index in [4.69, 9.17) is 5.26 Å². The Labute approximate surface area is 79.9 Å². The molecule has 2 rings (SSSR count). The van der Waals surface area contributed by atoms with Gasteiger partial charge < -0.3 is 0 Å². The van der Waals surface area contributed by atoms with E-state index in [-0.39, 0.29) is 5.78 Å². The van der Waals surface area contributed by atoms with E-state index in [1.165, 1.54) is 0 Å². The molecule has 0 radical (unpaired) electrons. The van der Waals surface area contributed by atoms with Gasteiger partial charge in [0.2, 0.25) is 5.78 Å². The van der Waals surface area contributed by atoms with Crippen LogP contribution in [0.15, 0.2) is 29.2 Å². The highest BCUT2D eigenvalue weighted by Crippen LogP contribution is 2.30. The molecule has 0 bridgehead atoms. The Morgan fingerprint density at radius 3 is 2.77 bits per heavy atom. The fraction of sp³-hybridized carbons (Fsp3) is 0. The maximum Gasteiger partial charge on any atom is 0.201 e. The van der Waals surface area contributed by atoms with Crippen molar-refractivity contribution in [1.29, 1.82) is 5.26 Å². The van der Waals surface area contributed by atoms with Crippen molar-refractivity contribution in [1.82, 2.24) is 0 Å². The molecule has 3 heteroatoms. The van der Waals surface area contributed by atoms with Crippen LogP contribution < -0.4 is 0 Å². The van der Waals surface area contributed by atoms with E-state index in [1.54, 1.807) is 12.1 Å². The van der Waals surface area contributed by atoms with Gasteiger partial charge in [-0.15, -0.1) is 0 Å². The maximum atomic E-state index is 11.5. The average Bonchev–Trinajstić information content (AvgIpc) is 2.46. The standard InChI is InChI=1S/C10H5NOS/c11-6-13-9-5-7-3-1-2-4-8(7)10(9)12/h1-5H. The molecule has 0 N–H and O–H groups in total. The second kappa shape index (κ2) is 3.08. The molecule has 0 atom stereocenters. The number of rotatable bonds is 1. The van der Waals surface area contributed by atoms with Gasteiger partial charge in [-0.05, 0) is 23.4 Å². The predicted octanol–water partition coefficient (Wildman–Crippen LogP) is 2.44. The van der Waals surface area contributed by atoms with Crippen LogP contribution in [0.5, 0.6) is 0 Å². The maximum absolute atomic E-state index is 11.5. The van der Waals surface area contributed by atoms with Gasteiger partial charge in [-0.1, -0.05) is 24.3 Å². The zero-order valence-electron chi connectivity index (χ0n) is 6.65. The summed E-state index contributed by atoms with van der Waals surface area (Å²) in [5, 5.41) is 10.3. The first-order valence-corrected chi connectivity index (χ1v) is 4.56. The first-order chi connectivity index (χ1) is 6.33. The quantitative estimate of drug-likeness (QED) is 0.634. The summed E-state index contributed by atoms with van der Waals surface area (Å²) in [7, 11) is 0. The third-order valence-electron chi connectivity index (χ3n) is 1.87. The van der Waals surface area contributed by atoms with Crippen LogP contribution in [0.25, 0.3) is 6.08 Å².